The van der Waals surface area contributed by atoms with Crippen LogP contribution in [0.25, 0.3) is 6.08 Å². The maximum Gasteiger partial charge on any atom is 0.336 e. The lowest BCUT2D eigenvalue weighted by Crippen LogP contribution is -2.21. The molecule has 5 rings (SSSR count). The molecular formula is C32H22ClFN2O4. The molecule has 198 valence electrons. The van der Waals surface area contributed by atoms with Crippen molar-refractivity contribution in [3.8, 4) is 23.3 Å². The summed E-state index contributed by atoms with van der Waals surface area (Å²) in [5.74, 6) is -0.181. The molecule has 0 fully saturated rings. The number of esters is 1. The van der Waals surface area contributed by atoms with Crippen molar-refractivity contribution < 1.29 is 23.4 Å². The standard InChI is InChI=1S/C32H22ClFN2O4/c33-28-4-2-1-3-21(28)9-16-30(37)39-25-14-15-26-29(17-25)40-32(36)27(18-35)31(26)22-7-12-24(13-8-22)38-19-20-5-10-23(34)11-6-20/h1-17,31H,19,36H2/b16-9+. The highest BCUT2D eigenvalue weighted by atomic mass is 35.5. The molecule has 8 heteroatoms. The molecule has 4 aromatic carbocycles. The van der Waals surface area contributed by atoms with E-state index in [0.717, 1.165) is 11.1 Å². The van der Waals surface area contributed by atoms with Crippen LogP contribution in [0.5, 0.6) is 17.2 Å². The molecule has 1 unspecified atom stereocenters. The van der Waals surface area contributed by atoms with Crippen molar-refractivity contribution in [2.75, 3.05) is 0 Å². The number of ether oxygens (including phenoxy) is 3. The van der Waals surface area contributed by atoms with Crippen molar-refractivity contribution in [2.24, 2.45) is 5.73 Å². The van der Waals surface area contributed by atoms with Gasteiger partial charge in [0, 0.05) is 22.7 Å². The van der Waals surface area contributed by atoms with E-state index in [0.29, 0.717) is 27.6 Å². The molecule has 0 saturated heterocycles. The van der Waals surface area contributed by atoms with Crippen molar-refractivity contribution in [1.29, 1.82) is 5.26 Å². The average Bonchev–Trinajstić information content (AvgIpc) is 2.96. The van der Waals surface area contributed by atoms with Crippen LogP contribution in [0.1, 0.15) is 28.2 Å². The van der Waals surface area contributed by atoms with E-state index in [4.69, 9.17) is 31.5 Å². The highest BCUT2D eigenvalue weighted by Gasteiger charge is 2.31. The van der Waals surface area contributed by atoms with Crippen molar-refractivity contribution >= 4 is 23.6 Å². The third kappa shape index (κ3) is 5.98. The molecule has 4 aromatic rings. The fourth-order valence-corrected chi connectivity index (χ4v) is 4.46. The van der Waals surface area contributed by atoms with E-state index in [-0.39, 0.29) is 29.6 Å². The summed E-state index contributed by atoms with van der Waals surface area (Å²) in [4.78, 5) is 12.4. The van der Waals surface area contributed by atoms with Gasteiger partial charge in [0.1, 0.15) is 41.3 Å². The van der Waals surface area contributed by atoms with Crippen LogP contribution < -0.4 is 19.9 Å². The van der Waals surface area contributed by atoms with Crippen LogP contribution in [-0.2, 0) is 11.4 Å². The summed E-state index contributed by atoms with van der Waals surface area (Å²) in [5.41, 5.74) is 9.39. The number of hydrogen-bond donors (Lipinski definition) is 1. The lowest BCUT2D eigenvalue weighted by Gasteiger charge is -2.26. The zero-order valence-corrected chi connectivity index (χ0v) is 21.8. The first kappa shape index (κ1) is 26.5. The number of halogens is 2. The Bertz CT molecular complexity index is 1660. The Kier molecular flexibility index (Phi) is 7.81. The highest BCUT2D eigenvalue weighted by Crippen LogP contribution is 2.43. The van der Waals surface area contributed by atoms with Gasteiger partial charge in [-0.2, -0.15) is 5.26 Å². The third-order valence-electron chi connectivity index (χ3n) is 6.25. The summed E-state index contributed by atoms with van der Waals surface area (Å²) in [6.45, 7) is 0.283. The van der Waals surface area contributed by atoms with E-state index in [1.54, 1.807) is 66.7 Å². The molecule has 1 aliphatic rings. The van der Waals surface area contributed by atoms with Crippen molar-refractivity contribution in [3.63, 3.8) is 0 Å². The minimum Gasteiger partial charge on any atom is -0.489 e. The van der Waals surface area contributed by atoms with Gasteiger partial charge in [0.15, 0.2) is 0 Å². The van der Waals surface area contributed by atoms with Crippen LogP contribution in [0.4, 0.5) is 4.39 Å². The molecule has 0 aliphatic carbocycles. The van der Waals surface area contributed by atoms with E-state index in [9.17, 15) is 14.4 Å². The fourth-order valence-electron chi connectivity index (χ4n) is 4.26. The second-order valence-corrected chi connectivity index (χ2v) is 9.29. The Morgan fingerprint density at radius 3 is 2.48 bits per heavy atom. The molecule has 0 aromatic heterocycles. The lowest BCUT2D eigenvalue weighted by atomic mass is 9.83. The molecule has 1 aliphatic heterocycles. The third-order valence-corrected chi connectivity index (χ3v) is 6.59. The summed E-state index contributed by atoms with van der Waals surface area (Å²) in [5, 5.41) is 10.4. The van der Waals surface area contributed by atoms with Crippen molar-refractivity contribution in [2.45, 2.75) is 12.5 Å². The van der Waals surface area contributed by atoms with Crippen molar-refractivity contribution in [1.82, 2.24) is 0 Å². The average molecular weight is 553 g/mol. The molecular weight excluding hydrogens is 531 g/mol. The van der Waals surface area contributed by atoms with Gasteiger partial charge in [0.25, 0.3) is 0 Å². The van der Waals surface area contributed by atoms with Gasteiger partial charge in [-0.3, -0.25) is 0 Å². The largest absolute Gasteiger partial charge is 0.489 e. The first-order chi connectivity index (χ1) is 19.4. The predicted octanol–water partition coefficient (Wildman–Crippen LogP) is 6.90. The van der Waals surface area contributed by atoms with E-state index >= 15 is 0 Å². The van der Waals surface area contributed by atoms with Gasteiger partial charge < -0.3 is 19.9 Å². The van der Waals surface area contributed by atoms with E-state index < -0.39 is 11.9 Å². The quantitative estimate of drug-likeness (QED) is 0.152. The first-order valence-corrected chi connectivity index (χ1v) is 12.6. The maximum atomic E-state index is 13.1. The molecule has 0 saturated carbocycles. The van der Waals surface area contributed by atoms with Gasteiger partial charge in [0.05, 0.1) is 5.92 Å². The molecule has 1 atom stereocenters. The molecule has 2 N–H and O–H groups in total. The van der Waals surface area contributed by atoms with Gasteiger partial charge in [-0.05, 0) is 59.2 Å². The van der Waals surface area contributed by atoms with Gasteiger partial charge in [-0.1, -0.05) is 60.1 Å². The maximum absolute atomic E-state index is 13.1. The Morgan fingerprint density at radius 2 is 1.75 bits per heavy atom. The zero-order chi connectivity index (χ0) is 28.1. The Balaban J connectivity index is 1.33. The van der Waals surface area contributed by atoms with Crippen LogP contribution in [0.3, 0.4) is 0 Å². The summed E-state index contributed by atoms with van der Waals surface area (Å²) in [6.07, 6.45) is 2.86. The number of nitrogens with two attached hydrogens (primary N) is 1. The normalized spacial score (nSPS) is 14.3. The minimum absolute atomic E-state index is 0.0290. The number of benzene rings is 4. The SMILES string of the molecule is N#CC1=C(N)Oc2cc(OC(=O)/C=C/c3ccccc3Cl)ccc2C1c1ccc(OCc2ccc(F)cc2)cc1. The molecule has 40 heavy (non-hydrogen) atoms. The predicted molar refractivity (Wildman–Crippen MR) is 149 cm³/mol. The van der Waals surface area contributed by atoms with E-state index in [2.05, 4.69) is 6.07 Å². The first-order valence-electron chi connectivity index (χ1n) is 12.2. The lowest BCUT2D eigenvalue weighted by molar-refractivity contribution is -0.128. The smallest absolute Gasteiger partial charge is 0.336 e. The molecule has 0 radical (unpaired) electrons. The second-order valence-electron chi connectivity index (χ2n) is 8.88. The summed E-state index contributed by atoms with van der Waals surface area (Å²) >= 11 is 6.13. The second kappa shape index (κ2) is 11.8. The van der Waals surface area contributed by atoms with Crippen LogP contribution in [0.15, 0.2) is 109 Å². The van der Waals surface area contributed by atoms with E-state index in [1.807, 2.05) is 18.2 Å². The number of carbonyl (C=O) groups is 1. The number of allylic oxidation sites excluding steroid dienone is 1. The number of nitrogens with zero attached hydrogens (tertiary/aromatic N) is 1. The Hall–Kier alpha value is -5.06. The number of hydrogen-bond acceptors (Lipinski definition) is 6. The molecule has 0 spiro atoms. The summed E-state index contributed by atoms with van der Waals surface area (Å²) in [7, 11) is 0. The van der Waals surface area contributed by atoms with Crippen LogP contribution in [-0.4, -0.2) is 5.97 Å². The van der Waals surface area contributed by atoms with E-state index in [1.165, 1.54) is 18.2 Å². The minimum atomic E-state index is -0.593. The zero-order valence-electron chi connectivity index (χ0n) is 21.0. The number of nitriles is 1. The Morgan fingerprint density at radius 1 is 1.02 bits per heavy atom. The molecule has 0 bridgehead atoms. The fraction of sp³-hybridized carbons (Fsp3) is 0.0625. The Labute approximate surface area is 235 Å². The van der Waals surface area contributed by atoms with Gasteiger partial charge in [0.2, 0.25) is 5.88 Å². The molecule has 6 nitrogen and oxygen atoms in total. The monoisotopic (exact) mass is 552 g/mol. The van der Waals surface area contributed by atoms with Crippen LogP contribution in [0.2, 0.25) is 5.02 Å². The topological polar surface area (TPSA) is 94.6 Å². The highest BCUT2D eigenvalue weighted by molar-refractivity contribution is 6.32. The van der Waals surface area contributed by atoms with Crippen LogP contribution >= 0.6 is 11.6 Å². The summed E-state index contributed by atoms with van der Waals surface area (Å²) in [6, 6.07) is 27.6. The number of carbonyl (C=O) groups excluding carboxylic acids is 1. The van der Waals surface area contributed by atoms with Gasteiger partial charge >= 0.3 is 5.97 Å². The van der Waals surface area contributed by atoms with Crippen molar-refractivity contribution in [3.05, 3.63) is 142 Å². The van der Waals surface area contributed by atoms with Crippen LogP contribution in [0, 0.1) is 17.1 Å². The summed E-state index contributed by atoms with van der Waals surface area (Å²) < 4.78 is 30.1. The number of rotatable bonds is 7. The molecule has 1 heterocycles. The molecule has 0 amide bonds. The number of fused-ring (bicyclic) bond motifs is 1. The van der Waals surface area contributed by atoms with Gasteiger partial charge in [-0.15, -0.1) is 0 Å². The van der Waals surface area contributed by atoms with Gasteiger partial charge in [-0.25, -0.2) is 9.18 Å².